The van der Waals surface area contributed by atoms with Gasteiger partial charge in [-0.2, -0.15) is 0 Å². The quantitative estimate of drug-likeness (QED) is 0.804. The Labute approximate surface area is 164 Å². The maximum Gasteiger partial charge on any atom is 0.265 e. The number of aryl methyl sites for hydroxylation is 1. The highest BCUT2D eigenvalue weighted by Gasteiger charge is 2.51. The van der Waals surface area contributed by atoms with E-state index in [2.05, 4.69) is 4.90 Å². The summed E-state index contributed by atoms with van der Waals surface area (Å²) >= 11 is 0. The third-order valence-corrected chi connectivity index (χ3v) is 5.71. The number of hydrogen-bond donors (Lipinski definition) is 1. The van der Waals surface area contributed by atoms with Crippen LogP contribution >= 0.6 is 0 Å². The largest absolute Gasteiger partial charge is 0.458 e. The van der Waals surface area contributed by atoms with Crippen LogP contribution in [-0.2, 0) is 10.4 Å². The zero-order chi connectivity index (χ0) is 19.7. The number of rotatable bonds is 5. The minimum atomic E-state index is -1.86. The fraction of sp³-hybridized carbons (Fsp3) is 0.455. The Morgan fingerprint density at radius 3 is 2.50 bits per heavy atom. The second-order valence-corrected chi connectivity index (χ2v) is 7.79. The Kier molecular flexibility index (Phi) is 5.08. The van der Waals surface area contributed by atoms with Gasteiger partial charge in [0.25, 0.3) is 5.91 Å². The van der Waals surface area contributed by atoms with Gasteiger partial charge < -0.3 is 9.52 Å². The number of fused-ring (bicyclic) bond motifs is 1. The Balaban J connectivity index is 1.61. The molecule has 0 unspecified atom stereocenters. The lowest BCUT2D eigenvalue weighted by molar-refractivity contribution is -0.136. The molecule has 2 aliphatic rings. The lowest BCUT2D eigenvalue weighted by atomic mass is 9.89. The second-order valence-electron chi connectivity index (χ2n) is 7.79. The number of anilines is 1. The normalized spacial score (nSPS) is 22.9. The van der Waals surface area contributed by atoms with Gasteiger partial charge in [-0.1, -0.05) is 31.0 Å². The first kappa shape index (κ1) is 18.9. The highest BCUT2D eigenvalue weighted by molar-refractivity contribution is 6.10. The molecular weight excluding hydrogens is 356 g/mol. The lowest BCUT2D eigenvalue weighted by Gasteiger charge is -2.28. The number of Topliss-reactive ketones (excluding diaryl/α,β-unsaturated/α-hetero) is 1. The summed E-state index contributed by atoms with van der Waals surface area (Å²) in [4.78, 5) is 29.8. The molecule has 0 saturated carbocycles. The molecule has 2 aromatic rings. The molecule has 6 heteroatoms. The molecule has 1 N–H and O–H groups in total. The van der Waals surface area contributed by atoms with Crippen molar-refractivity contribution in [2.45, 2.75) is 44.6 Å². The summed E-state index contributed by atoms with van der Waals surface area (Å²) in [6.07, 6.45) is 4.32. The average Bonchev–Trinajstić information content (AvgIpc) is 3.07. The average molecular weight is 382 g/mol. The zero-order valence-corrected chi connectivity index (χ0v) is 16.2. The van der Waals surface area contributed by atoms with Crippen LogP contribution in [0.5, 0.6) is 0 Å². The summed E-state index contributed by atoms with van der Waals surface area (Å²) in [5.74, 6) is -0.0246. The number of aliphatic hydroxyl groups is 1. The lowest BCUT2D eigenvalue weighted by Crippen LogP contribution is -2.46. The molecule has 0 spiro atoms. The molecule has 3 heterocycles. The van der Waals surface area contributed by atoms with Gasteiger partial charge in [-0.25, -0.2) is 0 Å². The summed E-state index contributed by atoms with van der Waals surface area (Å²) in [7, 11) is 0. The number of para-hydroxylation sites is 1. The molecule has 0 aliphatic carbocycles. The minimum Gasteiger partial charge on any atom is -0.458 e. The number of carbonyl (C=O) groups excluding carboxylic acids is 2. The molecule has 1 amide bonds. The van der Waals surface area contributed by atoms with Crippen molar-refractivity contribution < 1.29 is 19.1 Å². The van der Waals surface area contributed by atoms with Crippen molar-refractivity contribution in [3.63, 3.8) is 0 Å². The van der Waals surface area contributed by atoms with Crippen molar-refractivity contribution in [1.82, 2.24) is 4.90 Å². The van der Waals surface area contributed by atoms with Gasteiger partial charge in [0.2, 0.25) is 5.78 Å². The summed E-state index contributed by atoms with van der Waals surface area (Å²) in [6.45, 7) is 4.07. The number of ketones is 1. The number of benzene rings is 1. The van der Waals surface area contributed by atoms with Gasteiger partial charge in [0.05, 0.1) is 18.8 Å². The summed E-state index contributed by atoms with van der Waals surface area (Å²) in [5.41, 5.74) is -0.686. The van der Waals surface area contributed by atoms with Crippen molar-refractivity contribution in [3.05, 3.63) is 53.5 Å². The van der Waals surface area contributed by atoms with Crippen molar-refractivity contribution in [3.8, 4) is 0 Å². The minimum absolute atomic E-state index is 0.169. The molecule has 1 aromatic heterocycles. The Morgan fingerprint density at radius 1 is 1.11 bits per heavy atom. The molecule has 1 saturated heterocycles. The molecule has 1 atom stereocenters. The maximum atomic E-state index is 13.3. The van der Waals surface area contributed by atoms with E-state index in [0.717, 1.165) is 25.9 Å². The van der Waals surface area contributed by atoms with Crippen LogP contribution in [0.25, 0.3) is 0 Å². The summed E-state index contributed by atoms with van der Waals surface area (Å²) in [6, 6.07) is 10.5. The third-order valence-electron chi connectivity index (χ3n) is 5.71. The molecule has 6 nitrogen and oxygen atoms in total. The Bertz CT molecular complexity index is 882. The van der Waals surface area contributed by atoms with Gasteiger partial charge in [-0.15, -0.1) is 0 Å². The summed E-state index contributed by atoms with van der Waals surface area (Å²) < 4.78 is 5.39. The van der Waals surface area contributed by atoms with Gasteiger partial charge in [-0.3, -0.25) is 19.4 Å². The molecular formula is C22H26N2O4. The first-order valence-corrected chi connectivity index (χ1v) is 9.95. The number of hydrogen-bond acceptors (Lipinski definition) is 5. The van der Waals surface area contributed by atoms with Gasteiger partial charge in [0.1, 0.15) is 5.76 Å². The van der Waals surface area contributed by atoms with Crippen molar-refractivity contribution in [2.24, 2.45) is 0 Å². The molecule has 2 aliphatic heterocycles. The van der Waals surface area contributed by atoms with Gasteiger partial charge >= 0.3 is 0 Å². The van der Waals surface area contributed by atoms with Crippen molar-refractivity contribution >= 4 is 17.4 Å². The fourth-order valence-corrected chi connectivity index (χ4v) is 4.20. The first-order valence-electron chi connectivity index (χ1n) is 9.95. The van der Waals surface area contributed by atoms with E-state index in [1.54, 1.807) is 36.1 Å². The van der Waals surface area contributed by atoms with Crippen LogP contribution in [-0.4, -0.2) is 41.5 Å². The predicted molar refractivity (Wildman–Crippen MR) is 105 cm³/mol. The van der Waals surface area contributed by atoms with E-state index in [1.807, 2.05) is 12.1 Å². The molecule has 0 bridgehead atoms. The van der Waals surface area contributed by atoms with E-state index in [9.17, 15) is 14.7 Å². The summed E-state index contributed by atoms with van der Waals surface area (Å²) in [5, 5.41) is 11.3. The second kappa shape index (κ2) is 7.53. The van der Waals surface area contributed by atoms with E-state index in [1.165, 1.54) is 12.8 Å². The van der Waals surface area contributed by atoms with Gasteiger partial charge in [0.15, 0.2) is 11.4 Å². The standard InChI is InChI=1S/C22H26N2O4/c1-16-10-11-20(28-16)19(25)14-22(27)17-8-4-5-9-18(17)24(21(22)26)15-23-12-6-2-3-7-13-23/h4-5,8-11,27H,2-3,6-7,12-15H2,1H3/t22-/m1/s1. The van der Waals surface area contributed by atoms with Gasteiger partial charge in [0, 0.05) is 5.56 Å². The van der Waals surface area contributed by atoms with Crippen LogP contribution in [0.4, 0.5) is 5.69 Å². The van der Waals surface area contributed by atoms with E-state index < -0.39 is 11.5 Å². The maximum absolute atomic E-state index is 13.3. The number of likely N-dealkylation sites (tertiary alicyclic amines) is 1. The van der Waals surface area contributed by atoms with Crippen molar-refractivity contribution in [2.75, 3.05) is 24.7 Å². The number of carbonyl (C=O) groups is 2. The monoisotopic (exact) mass is 382 g/mol. The molecule has 28 heavy (non-hydrogen) atoms. The first-order chi connectivity index (χ1) is 13.5. The van der Waals surface area contributed by atoms with Crippen LogP contribution in [0.1, 0.15) is 54.0 Å². The van der Waals surface area contributed by atoms with Crippen LogP contribution < -0.4 is 4.90 Å². The fourth-order valence-electron chi connectivity index (χ4n) is 4.20. The van der Waals surface area contributed by atoms with Crippen LogP contribution in [0.15, 0.2) is 40.8 Å². The number of amides is 1. The number of furan rings is 1. The SMILES string of the molecule is Cc1ccc(C(=O)C[C@]2(O)C(=O)N(CN3CCCCCC3)c3ccccc32)o1. The Morgan fingerprint density at radius 2 is 1.82 bits per heavy atom. The highest BCUT2D eigenvalue weighted by atomic mass is 16.3. The third kappa shape index (κ3) is 3.38. The van der Waals surface area contributed by atoms with Crippen molar-refractivity contribution in [1.29, 1.82) is 0 Å². The van der Waals surface area contributed by atoms with Crippen LogP contribution in [0.3, 0.4) is 0 Å². The Hall–Kier alpha value is -2.44. The number of nitrogens with zero attached hydrogens (tertiary/aromatic N) is 2. The molecule has 1 fully saturated rings. The molecule has 0 radical (unpaired) electrons. The topological polar surface area (TPSA) is 74.0 Å². The van der Waals surface area contributed by atoms with Gasteiger partial charge in [-0.05, 0) is 51.1 Å². The molecule has 148 valence electrons. The smallest absolute Gasteiger partial charge is 0.265 e. The van der Waals surface area contributed by atoms with Crippen LogP contribution in [0, 0.1) is 6.92 Å². The van der Waals surface area contributed by atoms with E-state index in [0.29, 0.717) is 23.7 Å². The molecule has 4 rings (SSSR count). The van der Waals surface area contributed by atoms with E-state index >= 15 is 0 Å². The molecule has 1 aromatic carbocycles. The predicted octanol–water partition coefficient (Wildman–Crippen LogP) is 3.23. The van der Waals surface area contributed by atoms with E-state index in [-0.39, 0.29) is 18.0 Å². The highest BCUT2D eigenvalue weighted by Crippen LogP contribution is 2.43. The van der Waals surface area contributed by atoms with E-state index in [4.69, 9.17) is 4.42 Å². The van der Waals surface area contributed by atoms with Crippen LogP contribution in [0.2, 0.25) is 0 Å². The zero-order valence-electron chi connectivity index (χ0n) is 16.2.